The van der Waals surface area contributed by atoms with Crippen molar-refractivity contribution in [3.05, 3.63) is 108 Å². The molecule has 0 saturated carbocycles. The predicted octanol–water partition coefficient (Wildman–Crippen LogP) is 4.87. The first-order valence-corrected chi connectivity index (χ1v) is 8.35. The van der Waals surface area contributed by atoms with Gasteiger partial charge in [0.2, 0.25) is 0 Å². The number of aliphatic hydroxyl groups is 1. The van der Waals surface area contributed by atoms with E-state index in [-0.39, 0.29) is 0 Å². The molecule has 0 fully saturated rings. The lowest BCUT2D eigenvalue weighted by Gasteiger charge is -2.28. The summed E-state index contributed by atoms with van der Waals surface area (Å²) in [6.07, 6.45) is 3.51. The van der Waals surface area contributed by atoms with Gasteiger partial charge in [-0.3, -0.25) is 0 Å². The van der Waals surface area contributed by atoms with Crippen LogP contribution in [-0.2, 0) is 18.4 Å². The Morgan fingerprint density at radius 3 is 2.21 bits per heavy atom. The molecule has 4 rings (SSSR count). The lowest BCUT2D eigenvalue weighted by atomic mass is 9.83. The molecule has 3 aromatic carbocycles. The Bertz CT molecular complexity index is 895. The summed E-state index contributed by atoms with van der Waals surface area (Å²) < 4.78 is 0. The number of benzene rings is 3. The molecule has 0 bridgehead atoms. The average molecular weight is 312 g/mol. The Labute approximate surface area is 142 Å². The number of rotatable bonds is 2. The van der Waals surface area contributed by atoms with Gasteiger partial charge in [-0.05, 0) is 46.2 Å². The van der Waals surface area contributed by atoms with Crippen LogP contribution >= 0.6 is 0 Å². The summed E-state index contributed by atoms with van der Waals surface area (Å²) in [5.74, 6) is 0. The fraction of sp³-hybridized carbons (Fsp3) is 0.130. The molecule has 3 aromatic rings. The van der Waals surface area contributed by atoms with E-state index in [1.165, 1.54) is 22.3 Å². The summed E-state index contributed by atoms with van der Waals surface area (Å²) in [5.41, 5.74) is 5.54. The van der Waals surface area contributed by atoms with Gasteiger partial charge in [0.1, 0.15) is 5.60 Å². The van der Waals surface area contributed by atoms with Crippen LogP contribution in [0.25, 0.3) is 11.1 Å². The molecular formula is C23H20O. The molecule has 1 aliphatic carbocycles. The highest BCUT2D eigenvalue weighted by Gasteiger charge is 2.34. The summed E-state index contributed by atoms with van der Waals surface area (Å²) in [7, 11) is 0. The first kappa shape index (κ1) is 14.9. The van der Waals surface area contributed by atoms with Gasteiger partial charge >= 0.3 is 0 Å². The molecule has 1 aliphatic rings. The second kappa shape index (κ2) is 5.77. The Balaban J connectivity index is 1.89. The standard InChI is InChI=1S/C23H20O/c1-2-23(24)21-11-7-6-10-18(21)12-13-20-16-19(14-15-22(20)23)17-8-4-3-5-9-17/h2-11,14-16,24H,1,12-13H2. The second-order valence-electron chi connectivity index (χ2n) is 6.37. The first-order chi connectivity index (χ1) is 11.7. The predicted molar refractivity (Wildman–Crippen MR) is 98.9 cm³/mol. The number of fused-ring (bicyclic) bond motifs is 2. The molecule has 0 aliphatic heterocycles. The van der Waals surface area contributed by atoms with Crippen LogP contribution < -0.4 is 0 Å². The Morgan fingerprint density at radius 1 is 0.750 bits per heavy atom. The van der Waals surface area contributed by atoms with Gasteiger partial charge in [-0.2, -0.15) is 0 Å². The largest absolute Gasteiger partial charge is 0.377 e. The van der Waals surface area contributed by atoms with E-state index < -0.39 is 5.60 Å². The van der Waals surface area contributed by atoms with E-state index in [0.717, 1.165) is 24.0 Å². The quantitative estimate of drug-likeness (QED) is 0.669. The monoisotopic (exact) mass is 312 g/mol. The zero-order chi connectivity index (χ0) is 16.6. The molecule has 0 amide bonds. The van der Waals surface area contributed by atoms with Crippen molar-refractivity contribution >= 4 is 0 Å². The minimum atomic E-state index is -1.13. The molecule has 1 atom stereocenters. The zero-order valence-electron chi connectivity index (χ0n) is 13.6. The summed E-state index contributed by atoms with van der Waals surface area (Å²) in [5, 5.41) is 11.4. The maximum Gasteiger partial charge on any atom is 0.133 e. The van der Waals surface area contributed by atoms with Crippen LogP contribution in [-0.4, -0.2) is 5.11 Å². The van der Waals surface area contributed by atoms with Crippen molar-refractivity contribution in [1.82, 2.24) is 0 Å². The topological polar surface area (TPSA) is 20.2 Å². The van der Waals surface area contributed by atoms with Crippen LogP contribution in [0.15, 0.2) is 85.5 Å². The lowest BCUT2D eigenvalue weighted by molar-refractivity contribution is 0.134. The second-order valence-corrected chi connectivity index (χ2v) is 6.37. The average Bonchev–Trinajstić information content (AvgIpc) is 2.78. The molecule has 0 aromatic heterocycles. The Hall–Kier alpha value is -2.64. The van der Waals surface area contributed by atoms with E-state index in [9.17, 15) is 5.11 Å². The van der Waals surface area contributed by atoms with Crippen molar-refractivity contribution in [2.75, 3.05) is 0 Å². The minimum absolute atomic E-state index is 0.920. The lowest BCUT2D eigenvalue weighted by Crippen LogP contribution is -2.25. The summed E-state index contributed by atoms with van der Waals surface area (Å²) >= 11 is 0. The van der Waals surface area contributed by atoms with Crippen molar-refractivity contribution in [2.45, 2.75) is 18.4 Å². The summed E-state index contributed by atoms with van der Waals surface area (Å²) in [6, 6.07) is 24.9. The number of hydrogen-bond acceptors (Lipinski definition) is 1. The van der Waals surface area contributed by atoms with Crippen LogP contribution in [0.5, 0.6) is 0 Å². The third kappa shape index (κ3) is 2.29. The van der Waals surface area contributed by atoms with Gasteiger partial charge in [0.15, 0.2) is 0 Å². The number of aryl methyl sites for hydroxylation is 2. The molecule has 1 heteroatoms. The van der Waals surface area contributed by atoms with Crippen molar-refractivity contribution in [2.24, 2.45) is 0 Å². The van der Waals surface area contributed by atoms with Crippen LogP contribution in [0, 0.1) is 0 Å². The molecule has 0 heterocycles. The molecule has 0 saturated heterocycles. The van der Waals surface area contributed by atoms with E-state index in [1.54, 1.807) is 6.08 Å². The fourth-order valence-electron chi connectivity index (χ4n) is 3.73. The molecule has 1 unspecified atom stereocenters. The molecule has 118 valence electrons. The third-order valence-corrected chi connectivity index (χ3v) is 5.01. The van der Waals surface area contributed by atoms with Crippen LogP contribution in [0.4, 0.5) is 0 Å². The first-order valence-electron chi connectivity index (χ1n) is 8.35. The molecule has 1 nitrogen and oxygen atoms in total. The van der Waals surface area contributed by atoms with Crippen molar-refractivity contribution in [3.63, 3.8) is 0 Å². The van der Waals surface area contributed by atoms with Crippen molar-refractivity contribution in [3.8, 4) is 11.1 Å². The van der Waals surface area contributed by atoms with E-state index in [4.69, 9.17) is 0 Å². The van der Waals surface area contributed by atoms with Gasteiger partial charge in [0.25, 0.3) is 0 Å². The van der Waals surface area contributed by atoms with Crippen molar-refractivity contribution in [1.29, 1.82) is 0 Å². The van der Waals surface area contributed by atoms with E-state index in [1.807, 2.05) is 24.3 Å². The van der Waals surface area contributed by atoms with Crippen LogP contribution in [0.3, 0.4) is 0 Å². The van der Waals surface area contributed by atoms with Gasteiger partial charge in [0.05, 0.1) is 0 Å². The minimum Gasteiger partial charge on any atom is -0.377 e. The van der Waals surface area contributed by atoms with E-state index in [0.29, 0.717) is 0 Å². The maximum absolute atomic E-state index is 11.4. The highest BCUT2D eigenvalue weighted by molar-refractivity contribution is 5.66. The van der Waals surface area contributed by atoms with E-state index in [2.05, 4.69) is 55.1 Å². The SMILES string of the molecule is C=CC1(O)c2ccccc2CCc2cc(-c3ccccc3)ccc21. The summed E-state index contributed by atoms with van der Waals surface area (Å²) in [6.45, 7) is 3.93. The van der Waals surface area contributed by atoms with Gasteiger partial charge < -0.3 is 5.11 Å². The van der Waals surface area contributed by atoms with Gasteiger partial charge in [-0.25, -0.2) is 0 Å². The van der Waals surface area contributed by atoms with E-state index >= 15 is 0 Å². The molecular weight excluding hydrogens is 292 g/mol. The Kier molecular flexibility index (Phi) is 3.59. The molecule has 0 radical (unpaired) electrons. The van der Waals surface area contributed by atoms with Crippen molar-refractivity contribution < 1.29 is 5.11 Å². The highest BCUT2D eigenvalue weighted by atomic mass is 16.3. The number of hydrogen-bond donors (Lipinski definition) is 1. The molecule has 0 spiro atoms. The van der Waals surface area contributed by atoms with Gasteiger partial charge in [-0.1, -0.05) is 85.5 Å². The highest BCUT2D eigenvalue weighted by Crippen LogP contribution is 2.39. The molecule has 24 heavy (non-hydrogen) atoms. The Morgan fingerprint density at radius 2 is 1.42 bits per heavy atom. The molecule has 1 N–H and O–H groups in total. The fourth-order valence-corrected chi connectivity index (χ4v) is 3.73. The summed E-state index contributed by atoms with van der Waals surface area (Å²) in [4.78, 5) is 0. The van der Waals surface area contributed by atoms with Gasteiger partial charge in [0, 0.05) is 0 Å². The van der Waals surface area contributed by atoms with Gasteiger partial charge in [-0.15, -0.1) is 0 Å². The third-order valence-electron chi connectivity index (χ3n) is 5.01. The zero-order valence-corrected chi connectivity index (χ0v) is 13.6. The maximum atomic E-state index is 11.4. The van der Waals surface area contributed by atoms with Crippen LogP contribution in [0.1, 0.15) is 22.3 Å². The van der Waals surface area contributed by atoms with Crippen LogP contribution in [0.2, 0.25) is 0 Å². The smallest absolute Gasteiger partial charge is 0.133 e. The normalized spacial score (nSPS) is 19.0.